The first-order valence-electron chi connectivity index (χ1n) is 5.50. The van der Waals surface area contributed by atoms with Crippen molar-refractivity contribution < 1.29 is 12.3 Å². The van der Waals surface area contributed by atoms with Gasteiger partial charge in [-0.3, -0.25) is 0 Å². The zero-order chi connectivity index (χ0) is 12.0. The van der Waals surface area contributed by atoms with Crippen LogP contribution >= 0.6 is 0 Å². The predicted molar refractivity (Wildman–Crippen MR) is 25.5 cm³/mol. The topological polar surface area (TPSA) is 0 Å². The Balaban J connectivity index is 5.30. The van der Waals surface area contributed by atoms with Crippen LogP contribution in [-0.4, -0.2) is 22.5 Å². The third-order valence-electron chi connectivity index (χ3n) is 0.125. The summed E-state index contributed by atoms with van der Waals surface area (Å²) in [5, 5.41) is 0. The van der Waals surface area contributed by atoms with Crippen LogP contribution in [0.25, 0.3) is 0 Å². The molecule has 0 aliphatic rings. The van der Waals surface area contributed by atoms with Gasteiger partial charge in [-0.1, -0.05) is 0 Å². The summed E-state index contributed by atoms with van der Waals surface area (Å²) in [7, 11) is 0. The summed E-state index contributed by atoms with van der Waals surface area (Å²) < 4.78 is 61.0. The second-order valence-corrected chi connectivity index (χ2v) is 1.09. The summed E-state index contributed by atoms with van der Waals surface area (Å²) >= 11 is 0.105. The molecule has 0 nitrogen and oxygen atoms in total. The third-order valence-corrected chi connectivity index (χ3v) is 0.482. The van der Waals surface area contributed by atoms with Gasteiger partial charge in [-0.15, -0.1) is 0 Å². The molecule has 0 saturated heterocycles. The van der Waals surface area contributed by atoms with E-state index >= 15 is 0 Å². The number of rotatable bonds is 2. The van der Waals surface area contributed by atoms with Crippen LogP contribution in [-0.2, 0) is 0 Å². The molecule has 0 atom stereocenters. The molecule has 26 valence electrons. The molecule has 0 aromatic carbocycles. The van der Waals surface area contributed by atoms with Crippen LogP contribution < -0.4 is 0 Å². The predicted octanol–water partition coefficient (Wildman–Crippen LogP) is 1.37. The van der Waals surface area contributed by atoms with E-state index in [1.54, 1.807) is 0 Å². The Morgan fingerprint density at radius 1 is 2.20 bits per heavy atom. The van der Waals surface area contributed by atoms with Crippen molar-refractivity contribution in [1.82, 2.24) is 0 Å². The normalized spacial score (nSPS) is 46.4. The maximum absolute atomic E-state index is 7.22. The molecule has 0 radical (unpaired) electrons. The molecule has 0 N–H and O–H groups in total. The molecule has 0 bridgehead atoms. The van der Waals surface area contributed by atoms with Gasteiger partial charge in [0.15, 0.2) is 0 Å². The Morgan fingerprint density at radius 3 is 3.20 bits per heavy atom. The van der Waals surface area contributed by atoms with Gasteiger partial charge in [0.25, 0.3) is 0 Å². The SMILES string of the molecule is [2H]C([2H])([2H])C([2H])([2H])C([2H])([2H])[C]([2H])([2H])[Sn+3]. The van der Waals surface area contributed by atoms with Gasteiger partial charge in [-0.25, -0.2) is 0 Å². The average Bonchev–Trinajstić information content (AvgIpc) is 1.81. The molecule has 0 aliphatic carbocycles. The van der Waals surface area contributed by atoms with Gasteiger partial charge < -0.3 is 0 Å². The van der Waals surface area contributed by atoms with Crippen LogP contribution in [0.3, 0.4) is 0 Å². The average molecular weight is 185 g/mol. The minimum absolute atomic E-state index is 0.105. The summed E-state index contributed by atoms with van der Waals surface area (Å²) in [5.41, 5.74) is 0. The van der Waals surface area contributed by atoms with Crippen LogP contribution in [0.2, 0.25) is 4.39 Å². The van der Waals surface area contributed by atoms with Gasteiger partial charge >= 0.3 is 58.8 Å². The van der Waals surface area contributed by atoms with Gasteiger partial charge in [-0.05, 0) is 0 Å². The molecule has 0 unspecified atom stereocenters. The quantitative estimate of drug-likeness (QED) is 0.569. The van der Waals surface area contributed by atoms with Crippen molar-refractivity contribution in [2.75, 3.05) is 0 Å². The molecule has 0 saturated carbocycles. The van der Waals surface area contributed by atoms with Crippen LogP contribution in [0.4, 0.5) is 0 Å². The maximum atomic E-state index is 7.22. The Kier molecular flexibility index (Phi) is 0.673. The van der Waals surface area contributed by atoms with Gasteiger partial charge in [0.2, 0.25) is 0 Å². The third kappa shape index (κ3) is 4.80. The molecule has 1 heteroatoms. The van der Waals surface area contributed by atoms with E-state index in [0.717, 1.165) is 0 Å². The molecule has 5 heavy (non-hydrogen) atoms. The zero-order valence-electron chi connectivity index (χ0n) is 11.5. The van der Waals surface area contributed by atoms with E-state index in [9.17, 15) is 0 Å². The van der Waals surface area contributed by atoms with Crippen molar-refractivity contribution >= 4 is 22.5 Å². The standard InChI is InChI=1S/C4H9.Sn/c1-3-4-2;/h1,3-4H2,2H3;/q;+3/i1D2,2D3,3D2,4D2;. The van der Waals surface area contributed by atoms with Crippen molar-refractivity contribution in [2.45, 2.75) is 24.0 Å². The number of hydrogen-bond donors (Lipinski definition) is 0. The van der Waals surface area contributed by atoms with E-state index in [4.69, 9.17) is 12.3 Å². The fourth-order valence-electron chi connectivity index (χ4n) is 0.0312. The molecule has 0 aromatic rings. The van der Waals surface area contributed by atoms with Crippen molar-refractivity contribution in [3.8, 4) is 0 Å². The van der Waals surface area contributed by atoms with Crippen molar-refractivity contribution in [3.05, 3.63) is 0 Å². The van der Waals surface area contributed by atoms with E-state index < -0.39 is 24.0 Å². The summed E-state index contributed by atoms with van der Waals surface area (Å²) in [6.45, 7) is -3.18. The molecule has 0 fully saturated rings. The Morgan fingerprint density at radius 2 is 3.00 bits per heavy atom. The fraction of sp³-hybridized carbons (Fsp3) is 1.00. The Labute approximate surface area is 59.7 Å². The summed E-state index contributed by atoms with van der Waals surface area (Å²) in [4.78, 5) is 0. The van der Waals surface area contributed by atoms with E-state index in [2.05, 4.69) is 0 Å². The monoisotopic (exact) mass is 186 g/mol. The second kappa shape index (κ2) is 4.80. The minimum atomic E-state index is -3.20. The molecule has 0 spiro atoms. The summed E-state index contributed by atoms with van der Waals surface area (Å²) in [6, 6.07) is 0. The molecule has 0 aliphatic heterocycles. The molecule has 0 rings (SSSR count). The van der Waals surface area contributed by atoms with Gasteiger partial charge in [-0.2, -0.15) is 0 Å². The first-order chi connectivity index (χ1) is 5.75. The fourth-order valence-corrected chi connectivity index (χ4v) is 0.210. The molecular weight excluding hydrogens is 167 g/mol. The second-order valence-electron chi connectivity index (χ2n) is 0.375. The van der Waals surface area contributed by atoms with Crippen LogP contribution in [0.15, 0.2) is 0 Å². The number of hydrogen-bond acceptors (Lipinski definition) is 0. The first-order valence-corrected chi connectivity index (χ1v) is 2.43. The van der Waals surface area contributed by atoms with Crippen molar-refractivity contribution in [2.24, 2.45) is 0 Å². The first kappa shape index (κ1) is 0.701. The van der Waals surface area contributed by atoms with E-state index in [1.165, 1.54) is 0 Å². The van der Waals surface area contributed by atoms with Crippen LogP contribution in [0, 0.1) is 0 Å². The van der Waals surface area contributed by atoms with Crippen LogP contribution in [0.1, 0.15) is 31.9 Å². The van der Waals surface area contributed by atoms with E-state index in [-0.39, 0.29) is 22.5 Å². The van der Waals surface area contributed by atoms with Crippen molar-refractivity contribution in [3.63, 3.8) is 0 Å². The Bertz CT molecular complexity index is 186. The van der Waals surface area contributed by atoms with Gasteiger partial charge in [0.1, 0.15) is 0 Å². The molecule has 0 aromatic heterocycles. The van der Waals surface area contributed by atoms with Gasteiger partial charge in [0.05, 0.1) is 0 Å². The molecular formula is C4H9Sn+3. The zero-order valence-corrected chi connectivity index (χ0v) is 5.35. The van der Waals surface area contributed by atoms with Crippen LogP contribution in [0.5, 0.6) is 0 Å². The van der Waals surface area contributed by atoms with E-state index in [1.807, 2.05) is 0 Å². The van der Waals surface area contributed by atoms with E-state index in [0.29, 0.717) is 0 Å². The summed E-state index contributed by atoms with van der Waals surface area (Å²) in [6.07, 6.45) is -6.24. The van der Waals surface area contributed by atoms with Gasteiger partial charge in [0, 0.05) is 0 Å². The van der Waals surface area contributed by atoms with Crippen molar-refractivity contribution in [1.29, 1.82) is 0 Å². The summed E-state index contributed by atoms with van der Waals surface area (Å²) in [5.74, 6) is 0. The molecule has 0 heterocycles. The molecule has 0 amide bonds. The Hall–Kier alpha value is 0.799.